The van der Waals surface area contributed by atoms with Crippen molar-refractivity contribution in [2.24, 2.45) is 0 Å². The molecule has 0 aliphatic heterocycles. The number of carbonyl (C=O) groups excluding carboxylic acids is 1. The van der Waals surface area contributed by atoms with Crippen LogP contribution in [0.4, 0.5) is 0 Å². The molecule has 106 valence electrons. The van der Waals surface area contributed by atoms with Gasteiger partial charge >= 0.3 is 5.97 Å². The Hall–Kier alpha value is -1.87. The first-order chi connectivity index (χ1) is 9.35. The van der Waals surface area contributed by atoms with Crippen LogP contribution in [-0.4, -0.2) is 16.7 Å². The molecule has 0 amide bonds. The minimum absolute atomic E-state index is 0.0321. The quantitative estimate of drug-likeness (QED) is 0.868. The summed E-state index contributed by atoms with van der Waals surface area (Å²) in [5.41, 5.74) is 0.203. The fraction of sp³-hybridized carbons (Fsp3) is 0.353. The fourth-order valence-corrected chi connectivity index (χ4v) is 2.07. The maximum absolute atomic E-state index is 11.7. The maximum atomic E-state index is 11.7. The van der Waals surface area contributed by atoms with Crippen molar-refractivity contribution in [1.82, 2.24) is 0 Å². The molecule has 3 heteroatoms. The molecule has 2 aromatic carbocycles. The third-order valence-corrected chi connectivity index (χ3v) is 2.94. The molecular weight excluding hydrogens is 252 g/mol. The van der Waals surface area contributed by atoms with Gasteiger partial charge in [0, 0.05) is 0 Å². The van der Waals surface area contributed by atoms with Gasteiger partial charge in [0.2, 0.25) is 0 Å². The van der Waals surface area contributed by atoms with E-state index in [0.717, 1.165) is 16.3 Å². The number of aliphatic hydroxyl groups excluding tert-OH is 1. The number of aliphatic hydroxyl groups is 1. The molecule has 0 aromatic heterocycles. The Morgan fingerprint density at radius 1 is 1.15 bits per heavy atom. The van der Waals surface area contributed by atoms with Gasteiger partial charge in [0.25, 0.3) is 0 Å². The second-order valence-electron chi connectivity index (χ2n) is 5.91. The maximum Gasteiger partial charge on any atom is 0.309 e. The summed E-state index contributed by atoms with van der Waals surface area (Å²) in [4.78, 5) is 11.7. The molecule has 0 saturated carbocycles. The van der Waals surface area contributed by atoms with E-state index in [4.69, 9.17) is 4.74 Å². The van der Waals surface area contributed by atoms with Crippen LogP contribution in [0.5, 0.6) is 0 Å². The number of esters is 1. The van der Waals surface area contributed by atoms with Gasteiger partial charge in [0.05, 0.1) is 12.5 Å². The Bertz CT molecular complexity index is 611. The lowest BCUT2D eigenvalue weighted by molar-refractivity contribution is -0.157. The Kier molecular flexibility index (Phi) is 4.09. The van der Waals surface area contributed by atoms with Crippen molar-refractivity contribution in [3.05, 3.63) is 48.0 Å². The summed E-state index contributed by atoms with van der Waals surface area (Å²) in [6, 6.07) is 13.6. The van der Waals surface area contributed by atoms with E-state index >= 15 is 0 Å². The highest BCUT2D eigenvalue weighted by atomic mass is 16.6. The van der Waals surface area contributed by atoms with Gasteiger partial charge in [-0.15, -0.1) is 0 Å². The first kappa shape index (κ1) is 14.5. The number of ether oxygens (including phenoxy) is 1. The van der Waals surface area contributed by atoms with Crippen LogP contribution in [0.2, 0.25) is 0 Å². The van der Waals surface area contributed by atoms with Crippen molar-refractivity contribution in [2.45, 2.75) is 38.9 Å². The van der Waals surface area contributed by atoms with Crippen LogP contribution in [0.25, 0.3) is 10.8 Å². The highest BCUT2D eigenvalue weighted by Crippen LogP contribution is 2.23. The van der Waals surface area contributed by atoms with Crippen LogP contribution in [0.3, 0.4) is 0 Å². The first-order valence-electron chi connectivity index (χ1n) is 6.74. The van der Waals surface area contributed by atoms with Crippen molar-refractivity contribution in [3.8, 4) is 0 Å². The third kappa shape index (κ3) is 3.81. The standard InChI is InChI=1S/C17H20O3/c1-17(2,3)20-16(19)11-15(18)14-9-8-12-6-4-5-7-13(12)10-14/h4-10,15,18H,11H2,1-3H3/t15-/m0/s1. The molecule has 0 saturated heterocycles. The van der Waals surface area contributed by atoms with Gasteiger partial charge in [-0.05, 0) is 43.2 Å². The predicted molar refractivity (Wildman–Crippen MR) is 79.4 cm³/mol. The average Bonchev–Trinajstić information content (AvgIpc) is 2.35. The lowest BCUT2D eigenvalue weighted by atomic mass is 10.0. The van der Waals surface area contributed by atoms with Crippen LogP contribution >= 0.6 is 0 Å². The predicted octanol–water partition coefficient (Wildman–Crippen LogP) is 3.61. The Morgan fingerprint density at radius 2 is 1.80 bits per heavy atom. The minimum Gasteiger partial charge on any atom is -0.460 e. The summed E-state index contributed by atoms with van der Waals surface area (Å²) in [7, 11) is 0. The van der Waals surface area contributed by atoms with E-state index in [1.165, 1.54) is 0 Å². The van der Waals surface area contributed by atoms with Gasteiger partial charge in [-0.25, -0.2) is 0 Å². The first-order valence-corrected chi connectivity index (χ1v) is 6.74. The molecule has 0 radical (unpaired) electrons. The number of rotatable bonds is 3. The second kappa shape index (κ2) is 5.63. The Balaban J connectivity index is 2.11. The van der Waals surface area contributed by atoms with Crippen molar-refractivity contribution in [3.63, 3.8) is 0 Å². The number of fused-ring (bicyclic) bond motifs is 1. The van der Waals surface area contributed by atoms with Gasteiger partial charge in [-0.3, -0.25) is 4.79 Å². The smallest absolute Gasteiger partial charge is 0.309 e. The van der Waals surface area contributed by atoms with E-state index in [2.05, 4.69) is 0 Å². The lowest BCUT2D eigenvalue weighted by Gasteiger charge is -2.20. The highest BCUT2D eigenvalue weighted by molar-refractivity contribution is 5.83. The van der Waals surface area contributed by atoms with Gasteiger partial charge in [-0.2, -0.15) is 0 Å². The van der Waals surface area contributed by atoms with Crippen LogP contribution in [0, 0.1) is 0 Å². The molecule has 2 aromatic rings. The van der Waals surface area contributed by atoms with E-state index in [0.29, 0.717) is 0 Å². The molecule has 2 rings (SSSR count). The van der Waals surface area contributed by atoms with Crippen molar-refractivity contribution in [1.29, 1.82) is 0 Å². The number of hydrogen-bond donors (Lipinski definition) is 1. The molecule has 0 heterocycles. The summed E-state index contributed by atoms with van der Waals surface area (Å²) >= 11 is 0. The number of hydrogen-bond acceptors (Lipinski definition) is 3. The monoisotopic (exact) mass is 272 g/mol. The summed E-state index contributed by atoms with van der Waals surface area (Å²) in [6.45, 7) is 5.44. The zero-order valence-corrected chi connectivity index (χ0v) is 12.1. The van der Waals surface area contributed by atoms with Gasteiger partial charge in [0.15, 0.2) is 0 Å². The number of benzene rings is 2. The molecule has 3 nitrogen and oxygen atoms in total. The summed E-state index contributed by atoms with van der Waals surface area (Å²) in [6.07, 6.45) is -0.871. The van der Waals surface area contributed by atoms with Gasteiger partial charge in [-0.1, -0.05) is 36.4 Å². The summed E-state index contributed by atoms with van der Waals surface area (Å²) in [5.74, 6) is -0.391. The Labute approximate surface area is 119 Å². The fourth-order valence-electron chi connectivity index (χ4n) is 2.07. The largest absolute Gasteiger partial charge is 0.460 e. The van der Waals surface area contributed by atoms with Crippen molar-refractivity contribution >= 4 is 16.7 Å². The molecule has 0 spiro atoms. The minimum atomic E-state index is -0.838. The zero-order valence-electron chi connectivity index (χ0n) is 12.1. The van der Waals surface area contributed by atoms with Gasteiger partial charge < -0.3 is 9.84 Å². The topological polar surface area (TPSA) is 46.5 Å². The molecule has 1 N–H and O–H groups in total. The van der Waals surface area contributed by atoms with Crippen molar-refractivity contribution in [2.75, 3.05) is 0 Å². The SMILES string of the molecule is CC(C)(C)OC(=O)C[C@H](O)c1ccc2ccccc2c1. The van der Waals surface area contributed by atoms with Crippen LogP contribution in [0.1, 0.15) is 38.9 Å². The third-order valence-electron chi connectivity index (χ3n) is 2.94. The zero-order chi connectivity index (χ0) is 14.8. The molecule has 20 heavy (non-hydrogen) atoms. The van der Waals surface area contributed by atoms with E-state index < -0.39 is 17.7 Å². The van der Waals surface area contributed by atoms with E-state index in [1.54, 1.807) is 0 Å². The van der Waals surface area contributed by atoms with Crippen molar-refractivity contribution < 1.29 is 14.6 Å². The van der Waals surface area contributed by atoms with E-state index in [1.807, 2.05) is 63.2 Å². The molecule has 1 atom stereocenters. The normalized spacial score (nSPS) is 13.2. The molecule has 0 aliphatic rings. The average molecular weight is 272 g/mol. The highest BCUT2D eigenvalue weighted by Gasteiger charge is 2.20. The van der Waals surface area contributed by atoms with Crippen LogP contribution in [-0.2, 0) is 9.53 Å². The molecule has 0 fully saturated rings. The molecule has 0 aliphatic carbocycles. The second-order valence-corrected chi connectivity index (χ2v) is 5.91. The van der Waals surface area contributed by atoms with Gasteiger partial charge in [0.1, 0.15) is 5.60 Å². The Morgan fingerprint density at radius 3 is 2.45 bits per heavy atom. The molecule has 0 unspecified atom stereocenters. The van der Waals surface area contributed by atoms with E-state index in [9.17, 15) is 9.90 Å². The number of carbonyl (C=O) groups is 1. The molecule has 0 bridgehead atoms. The molecular formula is C17H20O3. The van der Waals surface area contributed by atoms with Crippen LogP contribution in [0.15, 0.2) is 42.5 Å². The van der Waals surface area contributed by atoms with E-state index in [-0.39, 0.29) is 6.42 Å². The summed E-state index contributed by atoms with van der Waals surface area (Å²) in [5, 5.41) is 12.3. The van der Waals surface area contributed by atoms with Crippen LogP contribution < -0.4 is 0 Å². The lowest BCUT2D eigenvalue weighted by Crippen LogP contribution is -2.24. The summed E-state index contributed by atoms with van der Waals surface area (Å²) < 4.78 is 5.22.